The van der Waals surface area contributed by atoms with Gasteiger partial charge in [-0.15, -0.1) is 24.8 Å². The van der Waals surface area contributed by atoms with Gasteiger partial charge in [-0.1, -0.05) is 19.3 Å². The van der Waals surface area contributed by atoms with E-state index in [1.54, 1.807) is 0 Å². The van der Waals surface area contributed by atoms with Crippen LogP contribution in [0, 0.1) is 0 Å². The Morgan fingerprint density at radius 1 is 1.00 bits per heavy atom. The number of nitrogens with zero attached hydrogens (tertiary/aromatic N) is 1. The van der Waals surface area contributed by atoms with Crippen molar-refractivity contribution in [1.82, 2.24) is 15.5 Å². The van der Waals surface area contributed by atoms with Crippen LogP contribution < -0.4 is 10.6 Å². The summed E-state index contributed by atoms with van der Waals surface area (Å²) in [6.45, 7) is 3.20. The maximum atomic E-state index is 12.9. The molecule has 3 rings (SSSR count). The van der Waals surface area contributed by atoms with Gasteiger partial charge in [-0.05, 0) is 51.6 Å². The lowest BCUT2D eigenvalue weighted by Crippen LogP contribution is -2.60. The lowest BCUT2D eigenvalue weighted by Gasteiger charge is -2.41. The number of rotatable bonds is 4. The van der Waals surface area contributed by atoms with Gasteiger partial charge in [0.1, 0.15) is 0 Å². The molecule has 27 heavy (non-hydrogen) atoms. The van der Waals surface area contributed by atoms with Crippen molar-refractivity contribution in [3.05, 3.63) is 0 Å². The summed E-state index contributed by atoms with van der Waals surface area (Å²) in [5, 5.41) is 6.25. The predicted octanol–water partition coefficient (Wildman–Crippen LogP) is 1.91. The van der Waals surface area contributed by atoms with Crippen molar-refractivity contribution < 1.29 is 13.2 Å². The zero-order valence-electron chi connectivity index (χ0n) is 16.2. The normalized spacial score (nSPS) is 25.1. The molecule has 6 nitrogen and oxygen atoms in total. The van der Waals surface area contributed by atoms with E-state index in [1.165, 1.54) is 38.4 Å². The van der Waals surface area contributed by atoms with Crippen molar-refractivity contribution in [3.63, 3.8) is 0 Å². The van der Waals surface area contributed by atoms with E-state index in [1.807, 2.05) is 0 Å². The molecule has 9 heteroatoms. The molecule has 0 aromatic rings. The van der Waals surface area contributed by atoms with E-state index in [0.29, 0.717) is 25.9 Å². The smallest absolute Gasteiger partial charge is 0.241 e. The number of likely N-dealkylation sites (tertiary alicyclic amines) is 1. The molecule has 0 aromatic heterocycles. The summed E-state index contributed by atoms with van der Waals surface area (Å²) in [7, 11) is -3.43. The molecule has 1 saturated carbocycles. The topological polar surface area (TPSA) is 78.5 Å². The molecule has 2 saturated heterocycles. The molecule has 2 N–H and O–H groups in total. The summed E-state index contributed by atoms with van der Waals surface area (Å²) in [5.74, 6) is -0.271. The minimum atomic E-state index is -3.43. The van der Waals surface area contributed by atoms with Gasteiger partial charge in [0.15, 0.2) is 14.6 Å². The zero-order chi connectivity index (χ0) is 17.9. The molecule has 0 spiro atoms. The SMILES string of the molecule is CS(=O)(=O)C1(C(=O)NC2CCN(C3CCCCC3)CC2)CCNCC1.Cl.Cl. The highest BCUT2D eigenvalue weighted by Crippen LogP contribution is 2.29. The van der Waals surface area contributed by atoms with E-state index in [9.17, 15) is 13.2 Å². The van der Waals surface area contributed by atoms with Crippen molar-refractivity contribution in [2.75, 3.05) is 32.4 Å². The average Bonchev–Trinajstić information content (AvgIpc) is 2.63. The van der Waals surface area contributed by atoms with E-state index >= 15 is 0 Å². The van der Waals surface area contributed by atoms with Gasteiger partial charge in [-0.2, -0.15) is 0 Å². The largest absolute Gasteiger partial charge is 0.352 e. The summed E-state index contributed by atoms with van der Waals surface area (Å²) in [4.78, 5) is 15.5. The molecule has 160 valence electrons. The van der Waals surface area contributed by atoms with Crippen LogP contribution in [0.25, 0.3) is 0 Å². The van der Waals surface area contributed by atoms with Crippen LogP contribution in [-0.4, -0.2) is 68.5 Å². The van der Waals surface area contributed by atoms with Gasteiger partial charge in [0.25, 0.3) is 0 Å². The lowest BCUT2D eigenvalue weighted by molar-refractivity contribution is -0.125. The number of carbonyl (C=O) groups is 1. The molecular weight excluding hydrogens is 409 g/mol. The molecule has 0 aromatic carbocycles. The van der Waals surface area contributed by atoms with E-state index < -0.39 is 14.6 Å². The molecule has 2 aliphatic heterocycles. The Morgan fingerprint density at radius 3 is 2.07 bits per heavy atom. The molecule has 2 heterocycles. The first-order chi connectivity index (χ1) is 11.9. The Labute approximate surface area is 176 Å². The molecule has 3 fully saturated rings. The highest BCUT2D eigenvalue weighted by atomic mass is 35.5. The minimum absolute atomic E-state index is 0. The second kappa shape index (κ2) is 10.6. The number of carbonyl (C=O) groups excluding carboxylic acids is 1. The van der Waals surface area contributed by atoms with Gasteiger partial charge in [0, 0.05) is 31.4 Å². The summed E-state index contributed by atoms with van der Waals surface area (Å²) in [5.41, 5.74) is 0. The first-order valence-electron chi connectivity index (χ1n) is 9.88. The molecule has 1 amide bonds. The maximum Gasteiger partial charge on any atom is 0.241 e. The molecule has 0 radical (unpaired) electrons. The van der Waals surface area contributed by atoms with E-state index in [4.69, 9.17) is 0 Å². The third kappa shape index (κ3) is 5.72. The molecular formula is C18H35Cl2N3O3S. The number of hydrogen-bond acceptors (Lipinski definition) is 5. The number of halogens is 2. The highest BCUT2D eigenvalue weighted by Gasteiger charge is 2.49. The summed E-state index contributed by atoms with van der Waals surface area (Å²) in [6, 6.07) is 0.832. The fourth-order valence-electron chi connectivity index (χ4n) is 4.77. The van der Waals surface area contributed by atoms with Crippen molar-refractivity contribution >= 4 is 40.6 Å². The van der Waals surface area contributed by atoms with Gasteiger partial charge in [0.05, 0.1) is 0 Å². The Hall–Kier alpha value is -0.0800. The second-order valence-corrected chi connectivity index (χ2v) is 10.4. The molecule has 0 atom stereocenters. The Kier molecular flexibility index (Phi) is 9.82. The third-order valence-corrected chi connectivity index (χ3v) is 8.50. The average molecular weight is 444 g/mol. The Balaban J connectivity index is 0.00000182. The zero-order valence-corrected chi connectivity index (χ0v) is 18.7. The van der Waals surface area contributed by atoms with Crippen LogP contribution in [0.2, 0.25) is 0 Å². The van der Waals surface area contributed by atoms with E-state index in [2.05, 4.69) is 15.5 Å². The quantitative estimate of drug-likeness (QED) is 0.693. The third-order valence-electron chi connectivity index (χ3n) is 6.49. The molecule has 1 aliphatic carbocycles. The number of amides is 1. The van der Waals surface area contributed by atoms with Gasteiger partial charge >= 0.3 is 0 Å². The monoisotopic (exact) mass is 443 g/mol. The van der Waals surface area contributed by atoms with Gasteiger partial charge in [-0.3, -0.25) is 4.79 Å². The van der Waals surface area contributed by atoms with Crippen LogP contribution >= 0.6 is 24.8 Å². The second-order valence-electron chi connectivity index (χ2n) is 8.09. The van der Waals surface area contributed by atoms with Crippen LogP contribution in [-0.2, 0) is 14.6 Å². The molecule has 0 bridgehead atoms. The predicted molar refractivity (Wildman–Crippen MR) is 114 cm³/mol. The van der Waals surface area contributed by atoms with Gasteiger partial charge in [0.2, 0.25) is 5.91 Å². The van der Waals surface area contributed by atoms with Crippen molar-refractivity contribution in [1.29, 1.82) is 0 Å². The number of hydrogen-bond donors (Lipinski definition) is 2. The maximum absolute atomic E-state index is 12.9. The fourth-order valence-corrected chi connectivity index (χ4v) is 6.11. The fraction of sp³-hybridized carbons (Fsp3) is 0.944. The minimum Gasteiger partial charge on any atom is -0.352 e. The van der Waals surface area contributed by atoms with Crippen LogP contribution in [0.15, 0.2) is 0 Å². The van der Waals surface area contributed by atoms with Crippen LogP contribution in [0.5, 0.6) is 0 Å². The number of piperidine rings is 2. The lowest BCUT2D eigenvalue weighted by atomic mass is 9.91. The van der Waals surface area contributed by atoms with Crippen molar-refractivity contribution in [3.8, 4) is 0 Å². The standard InChI is InChI=1S/C18H33N3O3S.2ClH/c1-25(23,24)18(9-11-19-12-10-18)17(22)20-15-7-13-21(14-8-15)16-5-3-2-4-6-16;;/h15-16,19H,2-14H2,1H3,(H,20,22);2*1H. The van der Waals surface area contributed by atoms with Crippen molar-refractivity contribution in [2.45, 2.75) is 74.6 Å². The Morgan fingerprint density at radius 2 is 1.56 bits per heavy atom. The highest BCUT2D eigenvalue weighted by molar-refractivity contribution is 7.92. The first kappa shape index (κ1) is 25.0. The first-order valence-corrected chi connectivity index (χ1v) is 11.8. The van der Waals surface area contributed by atoms with Crippen molar-refractivity contribution in [2.24, 2.45) is 0 Å². The van der Waals surface area contributed by atoms with Gasteiger partial charge in [-0.25, -0.2) is 8.42 Å². The number of nitrogens with one attached hydrogen (secondary N) is 2. The van der Waals surface area contributed by atoms with Crippen LogP contribution in [0.4, 0.5) is 0 Å². The van der Waals surface area contributed by atoms with E-state index in [-0.39, 0.29) is 36.8 Å². The summed E-state index contributed by atoms with van der Waals surface area (Å²) in [6.07, 6.45) is 10.5. The van der Waals surface area contributed by atoms with Crippen LogP contribution in [0.3, 0.4) is 0 Å². The van der Waals surface area contributed by atoms with Crippen LogP contribution in [0.1, 0.15) is 57.8 Å². The summed E-state index contributed by atoms with van der Waals surface area (Å²) >= 11 is 0. The summed E-state index contributed by atoms with van der Waals surface area (Å²) < 4.78 is 23.5. The molecule has 3 aliphatic rings. The van der Waals surface area contributed by atoms with E-state index in [0.717, 1.165) is 32.0 Å². The van der Waals surface area contributed by atoms with Gasteiger partial charge < -0.3 is 15.5 Å². The number of sulfone groups is 1. The Bertz CT molecular complexity index is 568. The molecule has 0 unspecified atom stereocenters.